The van der Waals surface area contributed by atoms with Gasteiger partial charge in [0, 0.05) is 12.8 Å². The molecule has 0 rings (SSSR count). The zero-order valence-electron chi connectivity index (χ0n) is 60.4. The Balaban J connectivity index is 3.37. The molecule has 0 aliphatic rings. The number of hydrogen-bond donors (Lipinski definition) is 3. The molecule has 0 aromatic carbocycles. The number of aliphatic hydroxyl groups is 2. The van der Waals surface area contributed by atoms with E-state index in [1.165, 1.54) is 372 Å². The lowest BCUT2D eigenvalue weighted by molar-refractivity contribution is -0.143. The number of hydrogen-bond acceptors (Lipinski definition) is 5. The number of esters is 1. The molecule has 0 aliphatic carbocycles. The van der Waals surface area contributed by atoms with Gasteiger partial charge in [-0.05, 0) is 83.5 Å². The number of nitrogens with one attached hydrogen (secondary N) is 1. The van der Waals surface area contributed by atoms with Gasteiger partial charge in [-0.15, -0.1) is 0 Å². The Morgan fingerprint density at radius 3 is 0.865 bits per heavy atom. The summed E-state index contributed by atoms with van der Waals surface area (Å²) in [5, 5.41) is 23.5. The molecule has 1 amide bonds. The molecule has 526 valence electrons. The first-order valence-electron chi connectivity index (χ1n) is 40.7. The molecule has 0 saturated heterocycles. The maximum absolute atomic E-state index is 12.6. The number of carbonyl (C=O) groups is 2. The number of aliphatic hydroxyl groups excluding tert-OH is 2. The molecule has 0 aromatic rings. The van der Waals surface area contributed by atoms with Gasteiger partial charge in [0.2, 0.25) is 5.91 Å². The molecule has 89 heavy (non-hydrogen) atoms. The highest BCUT2D eigenvalue weighted by atomic mass is 16.5. The third-order valence-corrected chi connectivity index (χ3v) is 19.2. The molecule has 0 spiro atoms. The summed E-state index contributed by atoms with van der Waals surface area (Å²) in [4.78, 5) is 24.7. The van der Waals surface area contributed by atoms with Crippen LogP contribution < -0.4 is 5.32 Å². The van der Waals surface area contributed by atoms with Crippen LogP contribution in [0.15, 0.2) is 36.5 Å². The summed E-state index contributed by atoms with van der Waals surface area (Å²) in [5.74, 6) is -0.0159. The second kappa shape index (κ2) is 78.5. The van der Waals surface area contributed by atoms with Gasteiger partial charge in [0.25, 0.3) is 0 Å². The van der Waals surface area contributed by atoms with Crippen LogP contribution >= 0.6 is 0 Å². The Labute approximate surface area is 557 Å². The van der Waals surface area contributed by atoms with Crippen molar-refractivity contribution in [3.63, 3.8) is 0 Å². The number of amides is 1. The van der Waals surface area contributed by atoms with Crippen LogP contribution in [-0.4, -0.2) is 47.4 Å². The Hall–Kier alpha value is -1.92. The summed E-state index contributed by atoms with van der Waals surface area (Å²) in [5.41, 5.74) is 0. The molecule has 3 N–H and O–H groups in total. The lowest BCUT2D eigenvalue weighted by Crippen LogP contribution is -2.45. The molecule has 0 radical (unpaired) electrons. The average molecular weight is 1250 g/mol. The van der Waals surface area contributed by atoms with Gasteiger partial charge in [-0.25, -0.2) is 0 Å². The van der Waals surface area contributed by atoms with Crippen LogP contribution in [0.3, 0.4) is 0 Å². The van der Waals surface area contributed by atoms with Crippen molar-refractivity contribution in [3.8, 4) is 0 Å². The first kappa shape index (κ1) is 87.1. The molecule has 0 fully saturated rings. The molecule has 0 bridgehead atoms. The van der Waals surface area contributed by atoms with Crippen LogP contribution in [-0.2, 0) is 14.3 Å². The minimum Gasteiger partial charge on any atom is -0.466 e. The Kier molecular flexibility index (Phi) is 76.8. The van der Waals surface area contributed by atoms with E-state index in [2.05, 4.69) is 55.6 Å². The lowest BCUT2D eigenvalue weighted by atomic mass is 10.0. The van der Waals surface area contributed by atoms with Gasteiger partial charge in [-0.3, -0.25) is 9.59 Å². The van der Waals surface area contributed by atoms with Gasteiger partial charge in [0.05, 0.1) is 25.4 Å². The van der Waals surface area contributed by atoms with Gasteiger partial charge >= 0.3 is 5.97 Å². The minimum atomic E-state index is -0.664. The van der Waals surface area contributed by atoms with E-state index in [4.69, 9.17) is 4.74 Å². The number of rotatable bonds is 77. The van der Waals surface area contributed by atoms with E-state index >= 15 is 0 Å². The number of carbonyl (C=O) groups excluding carboxylic acids is 2. The Bertz CT molecular complexity index is 1440. The van der Waals surface area contributed by atoms with E-state index in [0.717, 1.165) is 51.4 Å². The van der Waals surface area contributed by atoms with E-state index in [0.29, 0.717) is 25.9 Å². The maximum Gasteiger partial charge on any atom is 0.305 e. The van der Waals surface area contributed by atoms with Gasteiger partial charge in [0.1, 0.15) is 0 Å². The van der Waals surface area contributed by atoms with E-state index in [9.17, 15) is 19.8 Å². The van der Waals surface area contributed by atoms with E-state index in [-0.39, 0.29) is 18.5 Å². The molecule has 6 heteroatoms. The lowest BCUT2D eigenvalue weighted by Gasteiger charge is -2.22. The van der Waals surface area contributed by atoms with Crippen LogP contribution in [0.1, 0.15) is 457 Å². The minimum absolute atomic E-state index is 0.0122. The van der Waals surface area contributed by atoms with Gasteiger partial charge in [-0.1, -0.05) is 397 Å². The first-order valence-corrected chi connectivity index (χ1v) is 40.7. The molecule has 0 aliphatic heterocycles. The number of ether oxygens (including phenoxy) is 1. The topological polar surface area (TPSA) is 95.9 Å². The normalized spacial score (nSPS) is 12.6. The zero-order valence-corrected chi connectivity index (χ0v) is 60.4. The van der Waals surface area contributed by atoms with Crippen molar-refractivity contribution in [2.45, 2.75) is 469 Å². The molecule has 2 atom stereocenters. The summed E-state index contributed by atoms with van der Waals surface area (Å²) in [6.07, 6.45) is 102. The number of allylic oxidation sites excluding steroid dienone is 6. The monoisotopic (exact) mass is 1250 g/mol. The quantitative estimate of drug-likeness (QED) is 0.0320. The van der Waals surface area contributed by atoms with Gasteiger partial charge in [0.15, 0.2) is 0 Å². The molecular weight excluding hydrogens is 1090 g/mol. The fourth-order valence-corrected chi connectivity index (χ4v) is 13.0. The van der Waals surface area contributed by atoms with E-state index in [1.807, 2.05) is 0 Å². The Morgan fingerprint density at radius 1 is 0.315 bits per heavy atom. The van der Waals surface area contributed by atoms with Gasteiger partial charge in [-0.2, -0.15) is 0 Å². The highest BCUT2D eigenvalue weighted by molar-refractivity contribution is 5.76. The molecular formula is C83H159NO5. The third kappa shape index (κ3) is 75.0. The molecule has 6 nitrogen and oxygen atoms in total. The largest absolute Gasteiger partial charge is 0.466 e. The highest BCUT2D eigenvalue weighted by Gasteiger charge is 2.20. The van der Waals surface area contributed by atoms with Crippen molar-refractivity contribution in [3.05, 3.63) is 36.5 Å². The number of unbranched alkanes of at least 4 members (excludes halogenated alkanes) is 60. The molecule has 0 aromatic heterocycles. The summed E-state index contributed by atoms with van der Waals surface area (Å²) in [6, 6.07) is -0.541. The van der Waals surface area contributed by atoms with Crippen molar-refractivity contribution in [2.75, 3.05) is 13.2 Å². The summed E-state index contributed by atoms with van der Waals surface area (Å²) < 4.78 is 5.51. The van der Waals surface area contributed by atoms with E-state index < -0.39 is 12.1 Å². The predicted octanol–water partition coefficient (Wildman–Crippen LogP) is 27.0. The van der Waals surface area contributed by atoms with Crippen molar-refractivity contribution in [2.24, 2.45) is 0 Å². The first-order chi connectivity index (χ1) is 44.0. The second-order valence-electron chi connectivity index (χ2n) is 28.1. The standard InChI is InChI=1S/C83H159NO5/c1-3-5-7-9-11-13-15-17-19-21-23-37-40-43-47-51-55-59-63-67-71-75-81(86)80(79-85)84-82(87)76-72-68-64-60-56-52-48-44-41-38-35-33-31-29-27-25-24-26-28-30-32-34-36-39-42-46-50-54-58-62-66-70-74-78-89-83(88)77-73-69-65-61-57-53-49-45-22-20-18-16-14-12-10-8-6-4-2/h20,22,28,30,34,36,80-81,85-86H,3-19,21,23-27,29,31-33,35,37-79H2,1-2H3,(H,84,87)/b22-20-,30-28-,36-34-. The highest BCUT2D eigenvalue weighted by Crippen LogP contribution is 2.20. The summed E-state index contributed by atoms with van der Waals surface area (Å²) >= 11 is 0. The smallest absolute Gasteiger partial charge is 0.305 e. The summed E-state index contributed by atoms with van der Waals surface area (Å²) in [6.45, 7) is 5.00. The van der Waals surface area contributed by atoms with Crippen molar-refractivity contribution >= 4 is 11.9 Å². The third-order valence-electron chi connectivity index (χ3n) is 19.2. The van der Waals surface area contributed by atoms with Crippen molar-refractivity contribution < 1.29 is 24.5 Å². The Morgan fingerprint density at radius 2 is 0.562 bits per heavy atom. The molecule has 0 saturated carbocycles. The predicted molar refractivity (Wildman–Crippen MR) is 393 cm³/mol. The average Bonchev–Trinajstić information content (AvgIpc) is 3.55. The SMILES string of the molecule is CCCCCCCCC/C=C\CCCCCCCCCC(=O)OCCCCCCCCCCC/C=C\C/C=C\CCCCCCCCCCCCCCCCCCCC(=O)NC(CO)C(O)CCCCCCCCCCCCCCCCCCCCCCC. The van der Waals surface area contributed by atoms with Crippen LogP contribution in [0.4, 0.5) is 0 Å². The zero-order chi connectivity index (χ0) is 64.2. The molecule has 2 unspecified atom stereocenters. The van der Waals surface area contributed by atoms with Crippen molar-refractivity contribution in [1.29, 1.82) is 0 Å². The van der Waals surface area contributed by atoms with Crippen LogP contribution in [0, 0.1) is 0 Å². The fraction of sp³-hybridized carbons (Fsp3) is 0.904. The second-order valence-corrected chi connectivity index (χ2v) is 28.1. The van der Waals surface area contributed by atoms with Crippen LogP contribution in [0.25, 0.3) is 0 Å². The van der Waals surface area contributed by atoms with Crippen molar-refractivity contribution in [1.82, 2.24) is 5.32 Å². The summed E-state index contributed by atoms with van der Waals surface area (Å²) in [7, 11) is 0. The van der Waals surface area contributed by atoms with Crippen LogP contribution in [0.2, 0.25) is 0 Å². The van der Waals surface area contributed by atoms with Gasteiger partial charge < -0.3 is 20.3 Å². The van der Waals surface area contributed by atoms with E-state index in [1.54, 1.807) is 0 Å². The van der Waals surface area contributed by atoms with Crippen LogP contribution in [0.5, 0.6) is 0 Å². The molecule has 0 heterocycles. The maximum atomic E-state index is 12.6. The fourth-order valence-electron chi connectivity index (χ4n) is 13.0.